The molecule has 1 aromatic heterocycles. The monoisotopic (exact) mass is 261 g/mol. The third-order valence-electron chi connectivity index (χ3n) is 2.93. The van der Waals surface area contributed by atoms with Gasteiger partial charge in [0.2, 0.25) is 0 Å². The summed E-state index contributed by atoms with van der Waals surface area (Å²) in [6, 6.07) is 5.81. The maximum absolute atomic E-state index is 5.52. The second-order valence-corrected chi connectivity index (χ2v) is 4.25. The Labute approximate surface area is 113 Å². The Bertz CT molecular complexity index is 537. The highest BCUT2D eigenvalue weighted by atomic mass is 16.5. The van der Waals surface area contributed by atoms with E-state index in [1.54, 1.807) is 14.2 Å². The fourth-order valence-electron chi connectivity index (χ4n) is 1.95. The van der Waals surface area contributed by atoms with Gasteiger partial charge in [0.1, 0.15) is 11.5 Å². The Balaban J connectivity index is 2.17. The Morgan fingerprint density at radius 1 is 1.26 bits per heavy atom. The third-order valence-corrected chi connectivity index (χ3v) is 2.93. The van der Waals surface area contributed by atoms with E-state index < -0.39 is 0 Å². The number of benzene rings is 1. The van der Waals surface area contributed by atoms with Crippen LogP contribution in [-0.2, 0) is 13.0 Å². The maximum atomic E-state index is 5.52. The highest BCUT2D eigenvalue weighted by Crippen LogP contribution is 2.25. The van der Waals surface area contributed by atoms with E-state index in [9.17, 15) is 0 Å². The van der Waals surface area contributed by atoms with Gasteiger partial charge in [-0.2, -0.15) is 0 Å². The van der Waals surface area contributed by atoms with Crippen molar-refractivity contribution in [2.75, 3.05) is 20.8 Å². The van der Waals surface area contributed by atoms with Crippen LogP contribution in [-0.4, -0.2) is 30.3 Å². The number of imidazole rings is 1. The average molecular weight is 261 g/mol. The molecule has 0 radical (unpaired) electrons. The molecule has 0 unspecified atom stereocenters. The topological polar surface area (TPSA) is 62.3 Å². The van der Waals surface area contributed by atoms with E-state index >= 15 is 0 Å². The van der Waals surface area contributed by atoms with Crippen molar-refractivity contribution in [1.29, 1.82) is 0 Å². The molecular weight excluding hydrogens is 242 g/mol. The van der Waals surface area contributed by atoms with Crippen molar-refractivity contribution in [1.82, 2.24) is 9.55 Å². The van der Waals surface area contributed by atoms with Crippen LogP contribution in [0.15, 0.2) is 30.7 Å². The summed E-state index contributed by atoms with van der Waals surface area (Å²) in [7, 11) is 3.30. The van der Waals surface area contributed by atoms with Crippen molar-refractivity contribution >= 4 is 0 Å². The van der Waals surface area contributed by atoms with Crippen molar-refractivity contribution in [3.8, 4) is 11.5 Å². The molecule has 0 atom stereocenters. The van der Waals surface area contributed by atoms with Gasteiger partial charge in [0.25, 0.3) is 0 Å². The highest BCUT2D eigenvalue weighted by Gasteiger charge is 2.06. The summed E-state index contributed by atoms with van der Waals surface area (Å²) >= 11 is 0. The van der Waals surface area contributed by atoms with Gasteiger partial charge in [-0.05, 0) is 18.7 Å². The largest absolute Gasteiger partial charge is 0.497 e. The highest BCUT2D eigenvalue weighted by molar-refractivity contribution is 5.40. The zero-order valence-electron chi connectivity index (χ0n) is 11.3. The predicted molar refractivity (Wildman–Crippen MR) is 73.6 cm³/mol. The van der Waals surface area contributed by atoms with Gasteiger partial charge in [0.15, 0.2) is 0 Å². The summed E-state index contributed by atoms with van der Waals surface area (Å²) in [4.78, 5) is 4.31. The number of hydrogen-bond acceptors (Lipinski definition) is 4. The molecule has 0 bridgehead atoms. The quantitative estimate of drug-likeness (QED) is 0.855. The molecule has 2 rings (SSSR count). The minimum Gasteiger partial charge on any atom is -0.497 e. The predicted octanol–water partition coefficient (Wildman–Crippen LogP) is 1.45. The number of nitrogens with two attached hydrogens (primary N) is 1. The van der Waals surface area contributed by atoms with E-state index in [1.807, 2.05) is 35.3 Å². The van der Waals surface area contributed by atoms with E-state index in [0.29, 0.717) is 13.1 Å². The molecule has 2 N–H and O–H groups in total. The molecule has 5 nitrogen and oxygen atoms in total. The van der Waals surface area contributed by atoms with Gasteiger partial charge in [-0.15, -0.1) is 0 Å². The van der Waals surface area contributed by atoms with E-state index in [2.05, 4.69) is 4.98 Å². The first-order chi connectivity index (χ1) is 9.26. The average Bonchev–Trinajstić information content (AvgIpc) is 2.87. The van der Waals surface area contributed by atoms with Crippen molar-refractivity contribution in [2.24, 2.45) is 5.73 Å². The third kappa shape index (κ3) is 3.26. The van der Waals surface area contributed by atoms with Crippen LogP contribution in [0.3, 0.4) is 0 Å². The van der Waals surface area contributed by atoms with Crippen molar-refractivity contribution in [3.63, 3.8) is 0 Å². The molecule has 1 aromatic carbocycles. The molecule has 1 heterocycles. The first kappa shape index (κ1) is 13.4. The first-order valence-electron chi connectivity index (χ1n) is 6.18. The van der Waals surface area contributed by atoms with E-state index in [4.69, 9.17) is 15.2 Å². The Morgan fingerprint density at radius 3 is 2.79 bits per heavy atom. The second kappa shape index (κ2) is 6.24. The van der Waals surface area contributed by atoms with Crippen LogP contribution in [0.4, 0.5) is 0 Å². The molecule has 0 amide bonds. The lowest BCUT2D eigenvalue weighted by Crippen LogP contribution is -2.03. The lowest BCUT2D eigenvalue weighted by molar-refractivity contribution is 0.390. The van der Waals surface area contributed by atoms with Crippen molar-refractivity contribution in [2.45, 2.75) is 13.0 Å². The Hall–Kier alpha value is -2.01. The van der Waals surface area contributed by atoms with Gasteiger partial charge in [-0.3, -0.25) is 0 Å². The molecule has 0 aliphatic heterocycles. The molecule has 5 heteroatoms. The van der Waals surface area contributed by atoms with Crippen LogP contribution < -0.4 is 15.2 Å². The van der Waals surface area contributed by atoms with Gasteiger partial charge >= 0.3 is 0 Å². The van der Waals surface area contributed by atoms with Crippen LogP contribution >= 0.6 is 0 Å². The van der Waals surface area contributed by atoms with Gasteiger partial charge in [-0.25, -0.2) is 4.98 Å². The zero-order valence-corrected chi connectivity index (χ0v) is 11.3. The summed E-state index contributed by atoms with van der Waals surface area (Å²) in [5.41, 5.74) is 7.61. The molecule has 0 fully saturated rings. The van der Waals surface area contributed by atoms with Crippen LogP contribution in [0, 0.1) is 0 Å². The van der Waals surface area contributed by atoms with Crippen LogP contribution in [0.2, 0.25) is 0 Å². The number of nitrogens with zero attached hydrogens (tertiary/aromatic N) is 2. The van der Waals surface area contributed by atoms with Gasteiger partial charge < -0.3 is 19.8 Å². The number of ether oxygens (including phenoxy) is 2. The number of hydrogen-bond donors (Lipinski definition) is 1. The molecule has 19 heavy (non-hydrogen) atoms. The normalized spacial score (nSPS) is 10.5. The molecular formula is C14H19N3O2. The lowest BCUT2D eigenvalue weighted by atomic mass is 10.2. The standard InChI is InChI=1S/C14H19N3O2/c1-18-13-4-3-11(14(7-13)19-2)8-17-9-12(5-6-15)16-10-17/h3-4,7,9-10H,5-6,8,15H2,1-2H3. The SMILES string of the molecule is COc1ccc(Cn2cnc(CCN)c2)c(OC)c1. The van der Waals surface area contributed by atoms with Gasteiger partial charge in [0, 0.05) is 24.2 Å². The van der Waals surface area contributed by atoms with Crippen molar-refractivity contribution in [3.05, 3.63) is 42.0 Å². The molecule has 0 saturated heterocycles. The minimum absolute atomic E-state index is 0.614. The molecule has 0 aliphatic rings. The van der Waals surface area contributed by atoms with Crippen molar-refractivity contribution < 1.29 is 9.47 Å². The molecule has 102 valence electrons. The summed E-state index contributed by atoms with van der Waals surface area (Å²) in [6.45, 7) is 1.33. The lowest BCUT2D eigenvalue weighted by Gasteiger charge is -2.10. The fourth-order valence-corrected chi connectivity index (χ4v) is 1.95. The minimum atomic E-state index is 0.614. The first-order valence-corrected chi connectivity index (χ1v) is 6.18. The van der Waals surface area contributed by atoms with Crippen LogP contribution in [0.25, 0.3) is 0 Å². The number of methoxy groups -OCH3 is 2. The van der Waals surface area contributed by atoms with Gasteiger partial charge in [-0.1, -0.05) is 0 Å². The molecule has 2 aromatic rings. The zero-order chi connectivity index (χ0) is 13.7. The Morgan fingerprint density at radius 2 is 2.11 bits per heavy atom. The van der Waals surface area contributed by atoms with E-state index in [0.717, 1.165) is 29.2 Å². The summed E-state index contributed by atoms with van der Waals surface area (Å²) in [5.74, 6) is 1.60. The van der Waals surface area contributed by atoms with E-state index in [-0.39, 0.29) is 0 Å². The number of aromatic nitrogens is 2. The summed E-state index contributed by atoms with van der Waals surface area (Å²) < 4.78 is 12.6. The Kier molecular flexibility index (Phi) is 4.41. The fraction of sp³-hybridized carbons (Fsp3) is 0.357. The summed E-state index contributed by atoms with van der Waals surface area (Å²) in [6.07, 6.45) is 4.62. The maximum Gasteiger partial charge on any atom is 0.127 e. The summed E-state index contributed by atoms with van der Waals surface area (Å²) in [5, 5.41) is 0. The molecule has 0 saturated carbocycles. The van der Waals surface area contributed by atoms with E-state index in [1.165, 1.54) is 0 Å². The number of rotatable bonds is 6. The van der Waals surface area contributed by atoms with Crippen LogP contribution in [0.1, 0.15) is 11.3 Å². The smallest absolute Gasteiger partial charge is 0.127 e. The molecule has 0 spiro atoms. The second-order valence-electron chi connectivity index (χ2n) is 4.25. The van der Waals surface area contributed by atoms with Crippen LogP contribution in [0.5, 0.6) is 11.5 Å². The molecule has 0 aliphatic carbocycles. The van der Waals surface area contributed by atoms with Gasteiger partial charge in [0.05, 0.1) is 32.8 Å².